The van der Waals surface area contributed by atoms with E-state index in [1.165, 1.54) is 0 Å². The van der Waals surface area contributed by atoms with Crippen LogP contribution in [0.1, 0.15) is 46.5 Å². The minimum Gasteiger partial charge on any atom is -0.388 e. The summed E-state index contributed by atoms with van der Waals surface area (Å²) in [5, 5.41) is 20.5. The van der Waals surface area contributed by atoms with Crippen molar-refractivity contribution in [2.24, 2.45) is 16.7 Å². The van der Waals surface area contributed by atoms with Gasteiger partial charge in [-0.25, -0.2) is 0 Å². The largest absolute Gasteiger partial charge is 0.388 e. The Morgan fingerprint density at radius 2 is 2.00 bits per heavy atom. The van der Waals surface area contributed by atoms with Crippen LogP contribution in [-0.4, -0.2) is 23.9 Å². The van der Waals surface area contributed by atoms with Crippen LogP contribution in [0, 0.1) is 28.1 Å². The van der Waals surface area contributed by atoms with Crippen molar-refractivity contribution in [3.05, 3.63) is 0 Å². The summed E-state index contributed by atoms with van der Waals surface area (Å²) >= 11 is 0. The lowest BCUT2D eigenvalue weighted by Gasteiger charge is -2.51. The summed E-state index contributed by atoms with van der Waals surface area (Å²) in [7, 11) is 0. The van der Waals surface area contributed by atoms with Gasteiger partial charge < -0.3 is 9.84 Å². The highest BCUT2D eigenvalue weighted by Crippen LogP contribution is 2.53. The maximum absolute atomic E-state index is 11.0. The van der Waals surface area contributed by atoms with Crippen molar-refractivity contribution >= 4 is 0 Å². The first kappa shape index (κ1) is 12.9. The molecule has 2 rings (SSSR count). The van der Waals surface area contributed by atoms with Gasteiger partial charge in [0.05, 0.1) is 18.3 Å². The van der Waals surface area contributed by atoms with Gasteiger partial charge in [-0.3, -0.25) is 0 Å². The predicted molar refractivity (Wildman–Crippen MR) is 65.2 cm³/mol. The molecular formula is C14H23NO2. The number of aliphatic hydroxyl groups is 1. The van der Waals surface area contributed by atoms with Crippen LogP contribution in [0.15, 0.2) is 0 Å². The first-order valence-electron chi connectivity index (χ1n) is 6.57. The van der Waals surface area contributed by atoms with E-state index in [4.69, 9.17) is 4.74 Å². The molecule has 0 radical (unpaired) electrons. The van der Waals surface area contributed by atoms with Crippen LogP contribution in [0.4, 0.5) is 0 Å². The number of hydrogen-bond acceptors (Lipinski definition) is 3. The second-order valence-electron chi connectivity index (χ2n) is 6.69. The zero-order valence-electron chi connectivity index (χ0n) is 11.1. The summed E-state index contributed by atoms with van der Waals surface area (Å²) < 4.78 is 5.39. The van der Waals surface area contributed by atoms with Gasteiger partial charge in [0.15, 0.2) is 0 Å². The fourth-order valence-corrected chi connectivity index (χ4v) is 3.68. The molecule has 2 aliphatic rings. The molecule has 3 unspecified atom stereocenters. The van der Waals surface area contributed by atoms with Crippen molar-refractivity contribution in [3.63, 3.8) is 0 Å². The highest BCUT2D eigenvalue weighted by molar-refractivity contribution is 5.16. The molecule has 0 aromatic rings. The first-order chi connectivity index (χ1) is 7.85. The summed E-state index contributed by atoms with van der Waals surface area (Å²) in [5.41, 5.74) is -1.27. The molecule has 0 aromatic carbocycles. The molecule has 2 fully saturated rings. The maximum Gasteiger partial charge on any atom is 0.112 e. The van der Waals surface area contributed by atoms with Crippen LogP contribution < -0.4 is 0 Å². The van der Waals surface area contributed by atoms with E-state index >= 15 is 0 Å². The molecular weight excluding hydrogens is 214 g/mol. The van der Waals surface area contributed by atoms with Crippen molar-refractivity contribution in [2.75, 3.05) is 13.2 Å². The Bertz CT molecular complexity index is 339. The van der Waals surface area contributed by atoms with Gasteiger partial charge in [0, 0.05) is 6.61 Å². The maximum atomic E-state index is 11.0. The first-order valence-corrected chi connectivity index (χ1v) is 6.57. The molecule has 1 saturated heterocycles. The Morgan fingerprint density at radius 1 is 1.29 bits per heavy atom. The third-order valence-corrected chi connectivity index (χ3v) is 4.92. The molecule has 1 aliphatic heterocycles. The van der Waals surface area contributed by atoms with E-state index in [1.54, 1.807) is 0 Å². The van der Waals surface area contributed by atoms with Gasteiger partial charge in [-0.1, -0.05) is 20.8 Å². The van der Waals surface area contributed by atoms with E-state index in [2.05, 4.69) is 26.8 Å². The van der Waals surface area contributed by atoms with E-state index in [1.807, 2.05) is 0 Å². The number of nitrogens with zero attached hydrogens (tertiary/aromatic N) is 1. The third kappa shape index (κ3) is 1.88. The summed E-state index contributed by atoms with van der Waals surface area (Å²) in [6.45, 7) is 7.57. The molecule has 96 valence electrons. The molecule has 17 heavy (non-hydrogen) atoms. The van der Waals surface area contributed by atoms with Crippen molar-refractivity contribution in [2.45, 2.75) is 52.1 Å². The second-order valence-corrected chi connectivity index (χ2v) is 6.69. The molecule has 0 aromatic heterocycles. The molecule has 0 spiro atoms. The molecule has 3 nitrogen and oxygen atoms in total. The summed E-state index contributed by atoms with van der Waals surface area (Å²) in [6.07, 6.45) is 3.35. The summed E-state index contributed by atoms with van der Waals surface area (Å²) in [5.74, 6) is 0.160. The predicted octanol–water partition coefficient (Wildman–Crippen LogP) is 2.49. The van der Waals surface area contributed by atoms with Crippen molar-refractivity contribution in [3.8, 4) is 6.07 Å². The van der Waals surface area contributed by atoms with Crippen molar-refractivity contribution in [1.82, 2.24) is 0 Å². The van der Waals surface area contributed by atoms with Crippen LogP contribution in [0.2, 0.25) is 0 Å². The molecule has 0 amide bonds. The number of nitriles is 1. The minimum absolute atomic E-state index is 0.160. The Kier molecular flexibility index (Phi) is 3.00. The van der Waals surface area contributed by atoms with Crippen LogP contribution in [0.25, 0.3) is 0 Å². The van der Waals surface area contributed by atoms with E-state index in [9.17, 15) is 10.4 Å². The SMILES string of the molecule is CC1CC(C)(C)CCC1(O)C1(C#N)CCOC1. The topological polar surface area (TPSA) is 53.2 Å². The lowest BCUT2D eigenvalue weighted by atomic mass is 9.56. The molecule has 0 bridgehead atoms. The van der Waals surface area contributed by atoms with Gasteiger partial charge in [-0.15, -0.1) is 0 Å². The van der Waals surface area contributed by atoms with Crippen molar-refractivity contribution in [1.29, 1.82) is 5.26 Å². The molecule has 1 saturated carbocycles. The normalized spacial score (nSPS) is 45.5. The third-order valence-electron chi connectivity index (χ3n) is 4.92. The zero-order chi connectivity index (χ0) is 12.7. The van der Waals surface area contributed by atoms with E-state index in [0.717, 1.165) is 19.3 Å². The zero-order valence-corrected chi connectivity index (χ0v) is 11.1. The quantitative estimate of drug-likeness (QED) is 0.762. The van der Waals surface area contributed by atoms with Crippen molar-refractivity contribution < 1.29 is 9.84 Å². The Hall–Kier alpha value is -0.590. The van der Waals surface area contributed by atoms with Gasteiger partial charge in [-0.05, 0) is 37.0 Å². The standard InChI is InChI=1S/C14H23NO2/c1-11-8-12(2,3)4-5-14(11,16)13(9-15)6-7-17-10-13/h11,16H,4-8,10H2,1-3H3. The van der Waals surface area contributed by atoms with Crippen LogP contribution in [0.5, 0.6) is 0 Å². The fraction of sp³-hybridized carbons (Fsp3) is 0.929. The molecule has 1 heterocycles. The van der Waals surface area contributed by atoms with E-state index in [-0.39, 0.29) is 11.3 Å². The van der Waals surface area contributed by atoms with E-state index < -0.39 is 11.0 Å². The van der Waals surface area contributed by atoms with Gasteiger partial charge in [0.2, 0.25) is 0 Å². The van der Waals surface area contributed by atoms with Crippen LogP contribution >= 0.6 is 0 Å². The monoisotopic (exact) mass is 237 g/mol. The fourth-order valence-electron chi connectivity index (χ4n) is 3.68. The Labute approximate surface area is 104 Å². The van der Waals surface area contributed by atoms with Crippen LogP contribution in [0.3, 0.4) is 0 Å². The lowest BCUT2D eigenvalue weighted by molar-refractivity contribution is -0.139. The van der Waals surface area contributed by atoms with Crippen LogP contribution in [-0.2, 0) is 4.74 Å². The molecule has 1 aliphatic carbocycles. The highest BCUT2D eigenvalue weighted by atomic mass is 16.5. The summed E-state index contributed by atoms with van der Waals surface area (Å²) in [4.78, 5) is 0. The highest BCUT2D eigenvalue weighted by Gasteiger charge is 2.58. The molecule has 3 atom stereocenters. The summed E-state index contributed by atoms with van der Waals surface area (Å²) in [6, 6.07) is 2.37. The van der Waals surface area contributed by atoms with Gasteiger partial charge in [0.1, 0.15) is 5.41 Å². The Morgan fingerprint density at radius 3 is 2.47 bits per heavy atom. The number of ether oxygens (including phenoxy) is 1. The number of rotatable bonds is 1. The number of hydrogen-bond donors (Lipinski definition) is 1. The van der Waals surface area contributed by atoms with Gasteiger partial charge in [-0.2, -0.15) is 5.26 Å². The lowest BCUT2D eigenvalue weighted by Crippen LogP contribution is -2.56. The smallest absolute Gasteiger partial charge is 0.112 e. The second kappa shape index (κ2) is 3.96. The average Bonchev–Trinajstić information content (AvgIpc) is 2.74. The average molecular weight is 237 g/mol. The minimum atomic E-state index is -0.867. The van der Waals surface area contributed by atoms with E-state index in [0.29, 0.717) is 19.6 Å². The molecule has 1 N–H and O–H groups in total. The van der Waals surface area contributed by atoms with Gasteiger partial charge in [0.25, 0.3) is 0 Å². The Balaban J connectivity index is 2.28. The van der Waals surface area contributed by atoms with Gasteiger partial charge >= 0.3 is 0 Å². The molecule has 3 heteroatoms.